The predicted octanol–water partition coefficient (Wildman–Crippen LogP) is 4.01. The lowest BCUT2D eigenvalue weighted by Gasteiger charge is -2.13. The third-order valence-corrected chi connectivity index (χ3v) is 4.60. The fourth-order valence-corrected chi connectivity index (χ4v) is 3.14. The minimum Gasteiger partial charge on any atom is -0.493 e. The van der Waals surface area contributed by atoms with Gasteiger partial charge in [-0.15, -0.1) is 0 Å². The number of para-hydroxylation sites is 2. The number of furan rings is 1. The van der Waals surface area contributed by atoms with Crippen molar-refractivity contribution in [2.45, 2.75) is 26.9 Å². The zero-order valence-corrected chi connectivity index (χ0v) is 16.8. The monoisotopic (exact) mass is 381 g/mol. The van der Waals surface area contributed by atoms with E-state index in [1.54, 1.807) is 14.2 Å². The first-order valence-corrected chi connectivity index (χ1v) is 9.37. The van der Waals surface area contributed by atoms with Crippen LogP contribution in [0.15, 0.2) is 51.9 Å². The Morgan fingerprint density at radius 3 is 2.57 bits per heavy atom. The van der Waals surface area contributed by atoms with E-state index in [1.165, 1.54) is 0 Å². The van der Waals surface area contributed by atoms with E-state index in [2.05, 4.69) is 28.6 Å². The van der Waals surface area contributed by atoms with Gasteiger partial charge in [-0.3, -0.25) is 0 Å². The highest BCUT2D eigenvalue weighted by atomic mass is 16.5. The van der Waals surface area contributed by atoms with Crippen LogP contribution in [0.2, 0.25) is 0 Å². The number of ether oxygens (including phenoxy) is 2. The van der Waals surface area contributed by atoms with Crippen molar-refractivity contribution in [3.63, 3.8) is 0 Å². The number of hydrogen-bond donors (Lipinski definition) is 2. The molecule has 0 aliphatic carbocycles. The number of rotatable bonds is 7. The molecule has 0 saturated carbocycles. The molecule has 0 saturated heterocycles. The Bertz CT molecular complexity index is 963. The van der Waals surface area contributed by atoms with Crippen LogP contribution < -0.4 is 20.1 Å². The van der Waals surface area contributed by atoms with E-state index in [1.807, 2.05) is 43.3 Å². The van der Waals surface area contributed by atoms with Gasteiger partial charge < -0.3 is 24.5 Å². The SMILES string of the molecule is CCNC(=NCc1cccc(OC)c1OC)NCc1oc2ccccc2c1C. The van der Waals surface area contributed by atoms with Crippen molar-refractivity contribution in [3.8, 4) is 11.5 Å². The summed E-state index contributed by atoms with van der Waals surface area (Å²) in [7, 11) is 3.27. The van der Waals surface area contributed by atoms with Gasteiger partial charge >= 0.3 is 0 Å². The van der Waals surface area contributed by atoms with Crippen LogP contribution in [0, 0.1) is 6.92 Å². The predicted molar refractivity (Wildman–Crippen MR) is 112 cm³/mol. The lowest BCUT2D eigenvalue weighted by molar-refractivity contribution is 0.352. The molecule has 3 rings (SSSR count). The second-order valence-corrected chi connectivity index (χ2v) is 6.35. The maximum Gasteiger partial charge on any atom is 0.191 e. The summed E-state index contributed by atoms with van der Waals surface area (Å²) in [6.07, 6.45) is 0. The Kier molecular flexibility index (Phi) is 6.42. The van der Waals surface area contributed by atoms with Crippen molar-refractivity contribution in [2.75, 3.05) is 20.8 Å². The van der Waals surface area contributed by atoms with Crippen molar-refractivity contribution in [1.29, 1.82) is 0 Å². The lowest BCUT2D eigenvalue weighted by atomic mass is 10.1. The Hall–Kier alpha value is -3.15. The van der Waals surface area contributed by atoms with Crippen molar-refractivity contribution in [2.24, 2.45) is 4.99 Å². The molecule has 148 valence electrons. The molecular formula is C22H27N3O3. The summed E-state index contributed by atoms with van der Waals surface area (Å²) in [6, 6.07) is 13.9. The van der Waals surface area contributed by atoms with Crippen molar-refractivity contribution in [1.82, 2.24) is 10.6 Å². The number of aryl methyl sites for hydroxylation is 1. The number of nitrogens with zero attached hydrogens (tertiary/aromatic N) is 1. The van der Waals surface area contributed by atoms with Crippen molar-refractivity contribution in [3.05, 3.63) is 59.4 Å². The standard InChI is InChI=1S/C22H27N3O3/c1-5-23-22(24-13-16-9-8-12-19(26-3)21(16)27-4)25-14-20-15(2)17-10-6-7-11-18(17)28-20/h6-12H,5,13-14H2,1-4H3,(H2,23,24,25). The number of fused-ring (bicyclic) bond motifs is 1. The maximum absolute atomic E-state index is 5.98. The highest BCUT2D eigenvalue weighted by molar-refractivity contribution is 5.83. The second kappa shape index (κ2) is 9.17. The molecule has 0 fully saturated rings. The Morgan fingerprint density at radius 1 is 1.04 bits per heavy atom. The molecule has 6 heteroatoms. The molecule has 0 spiro atoms. The first-order chi connectivity index (χ1) is 13.7. The molecule has 6 nitrogen and oxygen atoms in total. The van der Waals surface area contributed by atoms with Crippen LogP contribution in [0.3, 0.4) is 0 Å². The molecule has 0 bridgehead atoms. The normalized spacial score (nSPS) is 11.5. The highest BCUT2D eigenvalue weighted by Gasteiger charge is 2.11. The van der Waals surface area contributed by atoms with E-state index in [9.17, 15) is 0 Å². The summed E-state index contributed by atoms with van der Waals surface area (Å²) in [4.78, 5) is 4.68. The van der Waals surface area contributed by atoms with Gasteiger partial charge in [-0.2, -0.15) is 0 Å². The van der Waals surface area contributed by atoms with Crippen molar-refractivity contribution >= 4 is 16.9 Å². The van der Waals surface area contributed by atoms with Gasteiger partial charge in [0, 0.05) is 23.1 Å². The molecule has 0 radical (unpaired) electrons. The lowest BCUT2D eigenvalue weighted by Crippen LogP contribution is -2.36. The number of benzene rings is 2. The minimum absolute atomic E-state index is 0.467. The van der Waals surface area contributed by atoms with Gasteiger partial charge in [-0.05, 0) is 26.0 Å². The van der Waals surface area contributed by atoms with Crippen LogP contribution in [0.5, 0.6) is 11.5 Å². The van der Waals surface area contributed by atoms with E-state index in [4.69, 9.17) is 13.9 Å². The molecule has 1 heterocycles. The van der Waals surface area contributed by atoms with Crippen LogP contribution >= 0.6 is 0 Å². The number of guanidine groups is 1. The van der Waals surface area contributed by atoms with E-state index in [-0.39, 0.29) is 0 Å². The quantitative estimate of drug-likeness (QED) is 0.478. The van der Waals surface area contributed by atoms with Crippen LogP contribution in [0.4, 0.5) is 0 Å². The summed E-state index contributed by atoms with van der Waals surface area (Å²) in [6.45, 7) is 5.90. The summed E-state index contributed by atoms with van der Waals surface area (Å²) < 4.78 is 16.8. The maximum atomic E-state index is 5.98. The molecule has 0 atom stereocenters. The van der Waals surface area contributed by atoms with Gasteiger partial charge in [0.1, 0.15) is 11.3 Å². The van der Waals surface area contributed by atoms with E-state index >= 15 is 0 Å². The second-order valence-electron chi connectivity index (χ2n) is 6.35. The third kappa shape index (κ3) is 4.22. The molecule has 0 amide bonds. The molecule has 2 N–H and O–H groups in total. The number of aliphatic imine (C=N–C) groups is 1. The third-order valence-electron chi connectivity index (χ3n) is 4.60. The van der Waals surface area contributed by atoms with E-state index in [0.717, 1.165) is 34.4 Å². The zero-order chi connectivity index (χ0) is 19.9. The summed E-state index contributed by atoms with van der Waals surface area (Å²) in [5.74, 6) is 3.03. The van der Waals surface area contributed by atoms with Gasteiger partial charge in [0.25, 0.3) is 0 Å². The van der Waals surface area contributed by atoms with Gasteiger partial charge in [-0.1, -0.05) is 30.3 Å². The summed E-state index contributed by atoms with van der Waals surface area (Å²) in [5.41, 5.74) is 3.01. The molecule has 0 unspecified atom stereocenters. The van der Waals surface area contributed by atoms with Crippen molar-refractivity contribution < 1.29 is 13.9 Å². The van der Waals surface area contributed by atoms with Crippen LogP contribution in [0.25, 0.3) is 11.0 Å². The first kappa shape index (κ1) is 19.6. The molecule has 2 aromatic carbocycles. The molecule has 28 heavy (non-hydrogen) atoms. The fraction of sp³-hybridized carbons (Fsp3) is 0.318. The Balaban J connectivity index is 1.75. The zero-order valence-electron chi connectivity index (χ0n) is 16.8. The van der Waals surface area contributed by atoms with Crippen LogP contribution in [-0.4, -0.2) is 26.7 Å². The number of hydrogen-bond acceptors (Lipinski definition) is 4. The van der Waals surface area contributed by atoms with Crippen LogP contribution in [0.1, 0.15) is 23.8 Å². The van der Waals surface area contributed by atoms with E-state index < -0.39 is 0 Å². The highest BCUT2D eigenvalue weighted by Crippen LogP contribution is 2.31. The van der Waals surface area contributed by atoms with Gasteiger partial charge in [0.2, 0.25) is 0 Å². The summed E-state index contributed by atoms with van der Waals surface area (Å²) >= 11 is 0. The fourth-order valence-electron chi connectivity index (χ4n) is 3.14. The molecule has 3 aromatic rings. The molecule has 1 aromatic heterocycles. The minimum atomic E-state index is 0.467. The summed E-state index contributed by atoms with van der Waals surface area (Å²) in [5, 5.41) is 7.76. The molecule has 0 aliphatic rings. The Labute approximate surface area is 165 Å². The average molecular weight is 381 g/mol. The Morgan fingerprint density at radius 2 is 1.86 bits per heavy atom. The van der Waals surface area contributed by atoms with Crippen LogP contribution in [-0.2, 0) is 13.1 Å². The topological polar surface area (TPSA) is 68.0 Å². The molecular weight excluding hydrogens is 354 g/mol. The number of nitrogens with one attached hydrogen (secondary N) is 2. The molecule has 0 aliphatic heterocycles. The van der Waals surface area contributed by atoms with Gasteiger partial charge in [0.05, 0.1) is 27.3 Å². The average Bonchev–Trinajstić information content (AvgIpc) is 3.05. The van der Waals surface area contributed by atoms with E-state index in [0.29, 0.717) is 30.5 Å². The first-order valence-electron chi connectivity index (χ1n) is 9.37. The smallest absolute Gasteiger partial charge is 0.191 e. The van der Waals surface area contributed by atoms with Gasteiger partial charge in [-0.25, -0.2) is 4.99 Å². The number of methoxy groups -OCH3 is 2. The van der Waals surface area contributed by atoms with Gasteiger partial charge in [0.15, 0.2) is 17.5 Å². The largest absolute Gasteiger partial charge is 0.493 e.